The van der Waals surface area contributed by atoms with Crippen molar-refractivity contribution < 1.29 is 13.2 Å². The summed E-state index contributed by atoms with van der Waals surface area (Å²) in [5, 5.41) is 3.02. The van der Waals surface area contributed by atoms with Crippen molar-refractivity contribution in [2.75, 3.05) is 11.9 Å². The second-order valence-corrected chi connectivity index (χ2v) is 4.56. The molecule has 0 amide bonds. The highest BCUT2D eigenvalue weighted by Crippen LogP contribution is 2.31. The number of hydrogen-bond donors (Lipinski definition) is 2. The van der Waals surface area contributed by atoms with E-state index in [0.717, 1.165) is 25.0 Å². The van der Waals surface area contributed by atoms with Gasteiger partial charge in [-0.1, -0.05) is 6.07 Å². The standard InChI is InChI=1S/C12H15F3N2/c13-12(14,15)9-2-1-3-11(6-9)17-7-8-4-10(16)5-8/h1-3,6,8,10,17H,4-5,7,16H2. The topological polar surface area (TPSA) is 38.0 Å². The highest BCUT2D eigenvalue weighted by molar-refractivity contribution is 5.46. The van der Waals surface area contributed by atoms with E-state index in [9.17, 15) is 13.2 Å². The fraction of sp³-hybridized carbons (Fsp3) is 0.500. The molecule has 0 aromatic heterocycles. The molecule has 17 heavy (non-hydrogen) atoms. The second-order valence-electron chi connectivity index (χ2n) is 4.56. The Bertz CT molecular complexity index is 384. The zero-order valence-electron chi connectivity index (χ0n) is 9.30. The maximum absolute atomic E-state index is 12.5. The Morgan fingerprint density at radius 1 is 1.29 bits per heavy atom. The maximum Gasteiger partial charge on any atom is 0.416 e. The predicted octanol–water partition coefficient (Wildman–Crippen LogP) is 2.85. The van der Waals surface area contributed by atoms with E-state index in [0.29, 0.717) is 18.2 Å². The van der Waals surface area contributed by atoms with Crippen LogP contribution in [0.4, 0.5) is 18.9 Å². The molecule has 0 unspecified atom stereocenters. The number of benzene rings is 1. The van der Waals surface area contributed by atoms with E-state index in [2.05, 4.69) is 5.32 Å². The van der Waals surface area contributed by atoms with Gasteiger partial charge in [0.15, 0.2) is 0 Å². The van der Waals surface area contributed by atoms with Crippen LogP contribution >= 0.6 is 0 Å². The monoisotopic (exact) mass is 244 g/mol. The number of anilines is 1. The number of alkyl halides is 3. The Balaban J connectivity index is 1.92. The van der Waals surface area contributed by atoms with Gasteiger partial charge < -0.3 is 11.1 Å². The van der Waals surface area contributed by atoms with E-state index >= 15 is 0 Å². The lowest BCUT2D eigenvalue weighted by Crippen LogP contribution is -2.39. The van der Waals surface area contributed by atoms with E-state index < -0.39 is 11.7 Å². The van der Waals surface area contributed by atoms with Crippen LogP contribution in [-0.4, -0.2) is 12.6 Å². The molecular formula is C12H15F3N2. The van der Waals surface area contributed by atoms with Crippen LogP contribution in [0.25, 0.3) is 0 Å². The Morgan fingerprint density at radius 2 is 2.00 bits per heavy atom. The van der Waals surface area contributed by atoms with Crippen molar-refractivity contribution in [3.63, 3.8) is 0 Å². The van der Waals surface area contributed by atoms with Crippen LogP contribution in [0.5, 0.6) is 0 Å². The Kier molecular flexibility index (Phi) is 3.28. The highest BCUT2D eigenvalue weighted by Gasteiger charge is 2.30. The minimum absolute atomic E-state index is 0.267. The largest absolute Gasteiger partial charge is 0.416 e. The summed E-state index contributed by atoms with van der Waals surface area (Å²) in [4.78, 5) is 0. The molecule has 0 aliphatic heterocycles. The molecule has 1 aromatic rings. The Morgan fingerprint density at radius 3 is 2.59 bits per heavy atom. The van der Waals surface area contributed by atoms with E-state index in [1.165, 1.54) is 6.07 Å². The van der Waals surface area contributed by atoms with Gasteiger partial charge in [-0.15, -0.1) is 0 Å². The first-order valence-electron chi connectivity index (χ1n) is 5.62. The van der Waals surface area contributed by atoms with Crippen LogP contribution < -0.4 is 11.1 Å². The third-order valence-corrected chi connectivity index (χ3v) is 3.06. The second kappa shape index (κ2) is 4.56. The fourth-order valence-corrected chi connectivity index (χ4v) is 2.02. The van der Waals surface area contributed by atoms with E-state index in [4.69, 9.17) is 5.73 Å². The lowest BCUT2D eigenvalue weighted by Gasteiger charge is -2.32. The van der Waals surface area contributed by atoms with Gasteiger partial charge in [0.1, 0.15) is 0 Å². The SMILES string of the molecule is NC1CC(CNc2cccc(C(F)(F)F)c2)C1. The lowest BCUT2D eigenvalue weighted by atomic mass is 9.81. The van der Waals surface area contributed by atoms with Crippen LogP contribution in [0, 0.1) is 5.92 Å². The van der Waals surface area contributed by atoms with Crippen molar-refractivity contribution in [1.82, 2.24) is 0 Å². The summed E-state index contributed by atoms with van der Waals surface area (Å²) in [6.45, 7) is 0.689. The summed E-state index contributed by atoms with van der Waals surface area (Å²) in [7, 11) is 0. The highest BCUT2D eigenvalue weighted by atomic mass is 19.4. The van der Waals surface area contributed by atoms with Crippen LogP contribution in [0.2, 0.25) is 0 Å². The molecule has 3 N–H and O–H groups in total. The summed E-state index contributed by atoms with van der Waals surface area (Å²) in [5.74, 6) is 0.486. The minimum atomic E-state index is -4.28. The molecule has 0 heterocycles. The van der Waals surface area contributed by atoms with Crippen molar-refractivity contribution in [2.24, 2.45) is 11.7 Å². The average molecular weight is 244 g/mol. The zero-order chi connectivity index (χ0) is 12.5. The van der Waals surface area contributed by atoms with Gasteiger partial charge in [-0.05, 0) is 37.0 Å². The molecule has 2 nitrogen and oxygen atoms in total. The summed E-state index contributed by atoms with van der Waals surface area (Å²) in [5.41, 5.74) is 5.54. The van der Waals surface area contributed by atoms with Crippen LogP contribution in [0.1, 0.15) is 18.4 Å². The first-order chi connectivity index (χ1) is 7.95. The average Bonchev–Trinajstić information content (AvgIpc) is 2.22. The number of halogens is 3. The van der Waals surface area contributed by atoms with Crippen LogP contribution in [0.15, 0.2) is 24.3 Å². The van der Waals surface area contributed by atoms with Crippen molar-refractivity contribution in [3.8, 4) is 0 Å². The Labute approximate surface area is 98.0 Å². The molecule has 0 radical (unpaired) electrons. The van der Waals surface area contributed by atoms with Gasteiger partial charge in [0.2, 0.25) is 0 Å². The molecule has 94 valence electrons. The molecule has 1 aliphatic carbocycles. The molecule has 0 saturated heterocycles. The number of rotatable bonds is 3. The summed E-state index contributed by atoms with van der Waals surface area (Å²) < 4.78 is 37.4. The van der Waals surface area contributed by atoms with Gasteiger partial charge in [0.05, 0.1) is 5.56 Å². The predicted molar refractivity (Wildman–Crippen MR) is 60.6 cm³/mol. The Hall–Kier alpha value is -1.23. The third kappa shape index (κ3) is 3.12. The molecule has 0 bridgehead atoms. The van der Waals surface area contributed by atoms with Crippen molar-refractivity contribution in [1.29, 1.82) is 0 Å². The van der Waals surface area contributed by atoms with Gasteiger partial charge in [0.25, 0.3) is 0 Å². The van der Waals surface area contributed by atoms with E-state index in [1.807, 2.05) is 0 Å². The molecule has 1 aliphatic rings. The molecular weight excluding hydrogens is 229 g/mol. The van der Waals surface area contributed by atoms with Crippen molar-refractivity contribution >= 4 is 5.69 Å². The van der Waals surface area contributed by atoms with Gasteiger partial charge in [-0.25, -0.2) is 0 Å². The molecule has 0 spiro atoms. The van der Waals surface area contributed by atoms with Crippen molar-refractivity contribution in [3.05, 3.63) is 29.8 Å². The normalized spacial score (nSPS) is 24.2. The number of nitrogens with one attached hydrogen (secondary N) is 1. The lowest BCUT2D eigenvalue weighted by molar-refractivity contribution is -0.137. The summed E-state index contributed by atoms with van der Waals surface area (Å²) >= 11 is 0. The zero-order valence-corrected chi connectivity index (χ0v) is 9.30. The molecule has 1 fully saturated rings. The maximum atomic E-state index is 12.5. The summed E-state index contributed by atoms with van der Waals surface area (Å²) in [6.07, 6.45) is -2.38. The molecule has 1 saturated carbocycles. The van der Waals surface area contributed by atoms with Gasteiger partial charge in [0, 0.05) is 18.3 Å². The molecule has 1 aromatic carbocycles. The quantitative estimate of drug-likeness (QED) is 0.858. The van der Waals surface area contributed by atoms with E-state index in [1.54, 1.807) is 6.07 Å². The van der Waals surface area contributed by atoms with Crippen LogP contribution in [-0.2, 0) is 6.18 Å². The number of nitrogens with two attached hydrogens (primary N) is 1. The number of hydrogen-bond acceptors (Lipinski definition) is 2. The van der Waals surface area contributed by atoms with Crippen molar-refractivity contribution in [2.45, 2.75) is 25.1 Å². The fourth-order valence-electron chi connectivity index (χ4n) is 2.02. The third-order valence-electron chi connectivity index (χ3n) is 3.06. The first-order valence-corrected chi connectivity index (χ1v) is 5.62. The summed E-state index contributed by atoms with van der Waals surface area (Å²) in [6, 6.07) is 5.54. The van der Waals surface area contributed by atoms with E-state index in [-0.39, 0.29) is 6.04 Å². The molecule has 2 rings (SSSR count). The molecule has 0 atom stereocenters. The first kappa shape index (κ1) is 12.2. The molecule has 5 heteroatoms. The minimum Gasteiger partial charge on any atom is -0.385 e. The van der Waals surface area contributed by atoms with Gasteiger partial charge in [-0.3, -0.25) is 0 Å². The van der Waals surface area contributed by atoms with Gasteiger partial charge >= 0.3 is 6.18 Å². The van der Waals surface area contributed by atoms with Gasteiger partial charge in [-0.2, -0.15) is 13.2 Å². The van der Waals surface area contributed by atoms with Crippen LogP contribution in [0.3, 0.4) is 0 Å². The smallest absolute Gasteiger partial charge is 0.385 e.